The van der Waals surface area contributed by atoms with Crippen molar-refractivity contribution in [3.8, 4) is 6.07 Å². The van der Waals surface area contributed by atoms with Gasteiger partial charge in [-0.25, -0.2) is 4.98 Å². The van der Waals surface area contributed by atoms with Gasteiger partial charge >= 0.3 is 0 Å². The first-order valence-corrected chi connectivity index (χ1v) is 6.00. The molecule has 0 amide bonds. The number of para-hydroxylation sites is 1. The fourth-order valence-electron chi connectivity index (χ4n) is 1.55. The van der Waals surface area contributed by atoms with Gasteiger partial charge in [0.25, 0.3) is 0 Å². The van der Waals surface area contributed by atoms with E-state index in [1.807, 2.05) is 24.3 Å². The molecule has 0 aliphatic carbocycles. The molecule has 1 aromatic carbocycles. The van der Waals surface area contributed by atoms with Gasteiger partial charge in [0.1, 0.15) is 5.15 Å². The summed E-state index contributed by atoms with van der Waals surface area (Å²) in [5.41, 5.74) is 1.78. The maximum Gasteiger partial charge on any atom is 0.133 e. The summed E-state index contributed by atoms with van der Waals surface area (Å²) in [6.07, 6.45) is 1.10. The molecule has 0 atom stereocenters. The number of nitriles is 1. The SMILES string of the molecule is N#CCCc1cc2cccc(Br)c2nc1Cl. The van der Waals surface area contributed by atoms with Crippen LogP contribution in [-0.4, -0.2) is 4.98 Å². The van der Waals surface area contributed by atoms with Crippen molar-refractivity contribution in [1.82, 2.24) is 4.98 Å². The average molecular weight is 296 g/mol. The largest absolute Gasteiger partial charge is 0.235 e. The normalized spacial score (nSPS) is 10.3. The van der Waals surface area contributed by atoms with Crippen molar-refractivity contribution in [2.45, 2.75) is 12.8 Å². The van der Waals surface area contributed by atoms with Gasteiger partial charge in [-0.15, -0.1) is 0 Å². The Balaban J connectivity index is 2.55. The zero-order valence-electron chi connectivity index (χ0n) is 8.37. The fourth-order valence-corrected chi connectivity index (χ4v) is 2.25. The van der Waals surface area contributed by atoms with E-state index in [2.05, 4.69) is 27.0 Å². The van der Waals surface area contributed by atoms with Gasteiger partial charge < -0.3 is 0 Å². The highest BCUT2D eigenvalue weighted by molar-refractivity contribution is 9.10. The van der Waals surface area contributed by atoms with Gasteiger partial charge in [0.2, 0.25) is 0 Å². The van der Waals surface area contributed by atoms with Crippen molar-refractivity contribution in [1.29, 1.82) is 5.26 Å². The molecular formula is C12H8BrClN2. The molecule has 4 heteroatoms. The molecule has 80 valence electrons. The molecule has 0 spiro atoms. The minimum Gasteiger partial charge on any atom is -0.235 e. The van der Waals surface area contributed by atoms with Crippen molar-refractivity contribution < 1.29 is 0 Å². The average Bonchev–Trinajstić information content (AvgIpc) is 2.28. The van der Waals surface area contributed by atoms with Crippen LogP contribution < -0.4 is 0 Å². The monoisotopic (exact) mass is 294 g/mol. The quantitative estimate of drug-likeness (QED) is 0.782. The number of aryl methyl sites for hydroxylation is 1. The molecule has 0 aliphatic rings. The summed E-state index contributed by atoms with van der Waals surface area (Å²) in [7, 11) is 0. The fraction of sp³-hybridized carbons (Fsp3) is 0.167. The maximum atomic E-state index is 8.55. The Bertz CT molecular complexity index is 575. The van der Waals surface area contributed by atoms with E-state index in [-0.39, 0.29) is 0 Å². The number of halogens is 2. The summed E-state index contributed by atoms with van der Waals surface area (Å²) in [6, 6.07) is 9.97. The molecule has 1 aromatic heterocycles. The molecule has 0 saturated carbocycles. The van der Waals surface area contributed by atoms with Crippen molar-refractivity contribution >= 4 is 38.4 Å². The van der Waals surface area contributed by atoms with E-state index in [9.17, 15) is 0 Å². The van der Waals surface area contributed by atoms with Crippen molar-refractivity contribution in [3.63, 3.8) is 0 Å². The Morgan fingerprint density at radius 2 is 2.25 bits per heavy atom. The van der Waals surface area contributed by atoms with Crippen LogP contribution in [0.5, 0.6) is 0 Å². The minimum absolute atomic E-state index is 0.459. The number of aromatic nitrogens is 1. The van der Waals surface area contributed by atoms with Gasteiger partial charge in [0, 0.05) is 16.3 Å². The summed E-state index contributed by atoms with van der Waals surface area (Å²) in [5, 5.41) is 10.1. The molecule has 2 aromatic rings. The first-order valence-electron chi connectivity index (χ1n) is 4.83. The van der Waals surface area contributed by atoms with Crippen LogP contribution in [0.2, 0.25) is 5.15 Å². The third-order valence-electron chi connectivity index (χ3n) is 2.33. The van der Waals surface area contributed by atoms with E-state index >= 15 is 0 Å². The van der Waals surface area contributed by atoms with Gasteiger partial charge in [-0.3, -0.25) is 0 Å². The van der Waals surface area contributed by atoms with Crippen LogP contribution >= 0.6 is 27.5 Å². The lowest BCUT2D eigenvalue weighted by Crippen LogP contribution is -1.90. The van der Waals surface area contributed by atoms with Crippen LogP contribution in [0.25, 0.3) is 10.9 Å². The highest BCUT2D eigenvalue weighted by Crippen LogP contribution is 2.26. The van der Waals surface area contributed by atoms with Crippen molar-refractivity contribution in [3.05, 3.63) is 39.5 Å². The predicted molar refractivity (Wildman–Crippen MR) is 68.4 cm³/mol. The second-order valence-electron chi connectivity index (χ2n) is 3.41. The Hall–Kier alpha value is -1.11. The van der Waals surface area contributed by atoms with E-state index in [0.717, 1.165) is 20.9 Å². The molecule has 0 bridgehead atoms. The highest BCUT2D eigenvalue weighted by Gasteiger charge is 2.06. The van der Waals surface area contributed by atoms with Crippen molar-refractivity contribution in [2.24, 2.45) is 0 Å². The molecule has 0 unspecified atom stereocenters. The van der Waals surface area contributed by atoms with Crippen molar-refractivity contribution in [2.75, 3.05) is 0 Å². The summed E-state index contributed by atoms with van der Waals surface area (Å²) < 4.78 is 0.929. The summed E-state index contributed by atoms with van der Waals surface area (Å²) in [6.45, 7) is 0. The molecule has 1 heterocycles. The van der Waals surface area contributed by atoms with E-state index in [0.29, 0.717) is 18.0 Å². The Kier molecular flexibility index (Phi) is 3.42. The minimum atomic E-state index is 0.459. The number of rotatable bonds is 2. The van der Waals surface area contributed by atoms with Crippen LogP contribution in [0.4, 0.5) is 0 Å². The van der Waals surface area contributed by atoms with Crippen LogP contribution in [0, 0.1) is 11.3 Å². The van der Waals surface area contributed by atoms with Gasteiger partial charge in [-0.1, -0.05) is 23.7 Å². The molecule has 0 N–H and O–H groups in total. The molecule has 0 saturated heterocycles. The third kappa shape index (κ3) is 2.18. The summed E-state index contributed by atoms with van der Waals surface area (Å²) >= 11 is 9.50. The second kappa shape index (κ2) is 4.82. The lowest BCUT2D eigenvalue weighted by molar-refractivity contribution is 1.00. The number of nitrogens with zero attached hydrogens (tertiary/aromatic N) is 2. The van der Waals surface area contributed by atoms with Crippen LogP contribution in [0.1, 0.15) is 12.0 Å². The topological polar surface area (TPSA) is 36.7 Å². The van der Waals surface area contributed by atoms with E-state index in [1.54, 1.807) is 0 Å². The Morgan fingerprint density at radius 1 is 1.44 bits per heavy atom. The number of benzene rings is 1. The second-order valence-corrected chi connectivity index (χ2v) is 4.62. The first-order chi connectivity index (χ1) is 7.72. The zero-order valence-corrected chi connectivity index (χ0v) is 10.7. The molecule has 2 rings (SSSR count). The van der Waals surface area contributed by atoms with Crippen LogP contribution in [0.15, 0.2) is 28.7 Å². The Morgan fingerprint density at radius 3 is 3.00 bits per heavy atom. The Labute approximate surface area is 107 Å². The van der Waals surface area contributed by atoms with Gasteiger partial charge in [-0.2, -0.15) is 5.26 Å². The van der Waals surface area contributed by atoms with E-state index in [4.69, 9.17) is 16.9 Å². The smallest absolute Gasteiger partial charge is 0.133 e. The lowest BCUT2D eigenvalue weighted by Gasteiger charge is -2.05. The van der Waals surface area contributed by atoms with E-state index in [1.165, 1.54) is 0 Å². The van der Waals surface area contributed by atoms with Crippen LogP contribution in [-0.2, 0) is 6.42 Å². The van der Waals surface area contributed by atoms with Gasteiger partial charge in [0.15, 0.2) is 0 Å². The van der Waals surface area contributed by atoms with Gasteiger partial charge in [0.05, 0.1) is 11.6 Å². The number of hydrogen-bond donors (Lipinski definition) is 0. The lowest BCUT2D eigenvalue weighted by atomic mass is 10.1. The molecular weight excluding hydrogens is 288 g/mol. The summed E-state index contributed by atoms with van der Waals surface area (Å²) in [5.74, 6) is 0. The molecule has 0 fully saturated rings. The third-order valence-corrected chi connectivity index (χ3v) is 3.30. The first kappa shape index (κ1) is 11.4. The molecule has 16 heavy (non-hydrogen) atoms. The number of pyridine rings is 1. The highest BCUT2D eigenvalue weighted by atomic mass is 79.9. The van der Waals surface area contributed by atoms with Crippen LogP contribution in [0.3, 0.4) is 0 Å². The maximum absolute atomic E-state index is 8.55. The summed E-state index contributed by atoms with van der Waals surface area (Å²) in [4.78, 5) is 4.34. The number of fused-ring (bicyclic) bond motifs is 1. The van der Waals surface area contributed by atoms with E-state index < -0.39 is 0 Å². The molecule has 0 aliphatic heterocycles. The predicted octanol–water partition coefficient (Wildman–Crippen LogP) is 4.11. The molecule has 2 nitrogen and oxygen atoms in total. The standard InChI is InChI=1S/C12H8BrClN2/c13-10-5-1-3-8-7-9(4-2-6-15)12(14)16-11(8)10/h1,3,5,7H,2,4H2. The number of hydrogen-bond acceptors (Lipinski definition) is 2. The zero-order chi connectivity index (χ0) is 11.5. The molecule has 0 radical (unpaired) electrons. The van der Waals surface area contributed by atoms with Gasteiger partial charge in [-0.05, 0) is 40.0 Å².